The Morgan fingerprint density at radius 2 is 1.87 bits per heavy atom. The number of rotatable bonds is 7. The molecule has 0 fully saturated rings. The zero-order chi connectivity index (χ0) is 21.7. The Bertz CT molecular complexity index is 1120. The number of nitro groups is 1. The third-order valence-corrected chi connectivity index (χ3v) is 4.66. The average molecular weight is 428 g/mol. The van der Waals surface area contributed by atoms with E-state index in [-0.39, 0.29) is 22.3 Å². The van der Waals surface area contributed by atoms with Gasteiger partial charge in [0.2, 0.25) is 5.91 Å². The molecular formula is C20H18ClN5O4. The number of carbonyl (C=O) groups excluding carboxylic acids is 1. The second kappa shape index (κ2) is 9.19. The molecule has 30 heavy (non-hydrogen) atoms. The van der Waals surface area contributed by atoms with Crippen LogP contribution < -0.4 is 16.2 Å². The predicted molar refractivity (Wildman–Crippen MR) is 113 cm³/mol. The monoisotopic (exact) mass is 427 g/mol. The van der Waals surface area contributed by atoms with Crippen molar-refractivity contribution < 1.29 is 9.72 Å². The molecule has 0 saturated carbocycles. The van der Waals surface area contributed by atoms with Gasteiger partial charge in [0.1, 0.15) is 11.1 Å². The van der Waals surface area contributed by atoms with Gasteiger partial charge in [-0.05, 0) is 24.6 Å². The number of hydrogen-bond acceptors (Lipinski definition) is 6. The number of non-ortho nitro benzene ring substituents is 1. The van der Waals surface area contributed by atoms with Crippen LogP contribution in [0.4, 0.5) is 11.4 Å². The van der Waals surface area contributed by atoms with Crippen LogP contribution in [0.2, 0.25) is 5.02 Å². The van der Waals surface area contributed by atoms with Crippen LogP contribution in [0.25, 0.3) is 5.69 Å². The van der Waals surface area contributed by atoms with Gasteiger partial charge in [-0.3, -0.25) is 19.7 Å². The second-order valence-corrected chi connectivity index (χ2v) is 6.81. The number of nitrogens with one attached hydrogen (secondary N) is 2. The smallest absolute Gasteiger partial charge is 0.292 e. The number of nitrogens with zero attached hydrogens (tertiary/aromatic N) is 3. The lowest BCUT2D eigenvalue weighted by atomic mass is 10.2. The standard InChI is InChI=1S/C20H18ClN5O4/c1-13(19(27)22-11-14-5-3-2-4-6-14)24-17-12-23-25(20(28)18(17)21)15-7-9-16(10-8-15)26(29)30/h2-10,12-13,24H,11H2,1H3,(H,22,27). The van der Waals surface area contributed by atoms with Crippen molar-refractivity contribution in [3.8, 4) is 5.69 Å². The minimum Gasteiger partial charge on any atom is -0.371 e. The molecule has 1 amide bonds. The Kier molecular flexibility index (Phi) is 6.43. The number of aromatic nitrogens is 2. The van der Waals surface area contributed by atoms with Crippen molar-refractivity contribution in [1.29, 1.82) is 0 Å². The zero-order valence-electron chi connectivity index (χ0n) is 15.9. The molecule has 1 aromatic heterocycles. The van der Waals surface area contributed by atoms with Gasteiger partial charge in [-0.25, -0.2) is 0 Å². The number of benzene rings is 2. The van der Waals surface area contributed by atoms with E-state index in [0.29, 0.717) is 12.2 Å². The number of nitro benzene ring substituents is 1. The van der Waals surface area contributed by atoms with E-state index in [1.165, 1.54) is 30.5 Å². The number of anilines is 1. The Morgan fingerprint density at radius 1 is 1.20 bits per heavy atom. The molecule has 0 aliphatic carbocycles. The topological polar surface area (TPSA) is 119 Å². The van der Waals surface area contributed by atoms with Gasteiger partial charge in [-0.2, -0.15) is 9.78 Å². The van der Waals surface area contributed by atoms with Gasteiger partial charge in [0, 0.05) is 18.7 Å². The van der Waals surface area contributed by atoms with E-state index in [4.69, 9.17) is 11.6 Å². The zero-order valence-corrected chi connectivity index (χ0v) is 16.7. The van der Waals surface area contributed by atoms with E-state index >= 15 is 0 Å². The van der Waals surface area contributed by atoms with Gasteiger partial charge < -0.3 is 10.6 Å². The predicted octanol–water partition coefficient (Wildman–Crippen LogP) is 2.91. The van der Waals surface area contributed by atoms with Crippen LogP contribution in [0, 0.1) is 10.1 Å². The van der Waals surface area contributed by atoms with Crippen molar-refractivity contribution in [2.45, 2.75) is 19.5 Å². The van der Waals surface area contributed by atoms with Gasteiger partial charge in [0.15, 0.2) is 0 Å². The number of hydrogen-bond donors (Lipinski definition) is 2. The summed E-state index contributed by atoms with van der Waals surface area (Å²) in [6, 6.07) is 14.1. The number of amides is 1. The molecule has 10 heteroatoms. The highest BCUT2D eigenvalue weighted by Gasteiger charge is 2.17. The Labute approximate surface area is 176 Å². The van der Waals surface area contributed by atoms with Crippen LogP contribution in [-0.2, 0) is 11.3 Å². The highest BCUT2D eigenvalue weighted by Crippen LogP contribution is 2.19. The van der Waals surface area contributed by atoms with E-state index in [9.17, 15) is 19.7 Å². The fourth-order valence-electron chi connectivity index (χ4n) is 2.67. The maximum Gasteiger partial charge on any atom is 0.292 e. The van der Waals surface area contributed by atoms with Crippen LogP contribution in [0.3, 0.4) is 0 Å². The van der Waals surface area contributed by atoms with Crippen molar-refractivity contribution in [3.05, 3.63) is 91.8 Å². The third-order valence-electron chi connectivity index (χ3n) is 4.30. The molecule has 3 rings (SSSR count). The minimum atomic E-state index is -0.664. The lowest BCUT2D eigenvalue weighted by Crippen LogP contribution is -2.37. The lowest BCUT2D eigenvalue weighted by molar-refractivity contribution is -0.384. The molecule has 2 N–H and O–H groups in total. The number of halogens is 1. The Balaban J connectivity index is 1.71. The largest absolute Gasteiger partial charge is 0.371 e. The summed E-state index contributed by atoms with van der Waals surface area (Å²) in [6.45, 7) is 2.01. The first-order valence-corrected chi connectivity index (χ1v) is 9.35. The molecule has 1 heterocycles. The van der Waals surface area contributed by atoms with Crippen LogP contribution in [0.5, 0.6) is 0 Å². The molecule has 9 nitrogen and oxygen atoms in total. The van der Waals surface area contributed by atoms with Crippen molar-refractivity contribution in [2.24, 2.45) is 0 Å². The first-order valence-electron chi connectivity index (χ1n) is 8.97. The third kappa shape index (κ3) is 4.81. The summed E-state index contributed by atoms with van der Waals surface area (Å²) in [5.41, 5.74) is 0.775. The SMILES string of the molecule is CC(Nc1cnn(-c2ccc([N+](=O)[O-])cc2)c(=O)c1Cl)C(=O)NCc1ccccc1. The average Bonchev–Trinajstić information content (AvgIpc) is 2.76. The minimum absolute atomic E-state index is 0.105. The highest BCUT2D eigenvalue weighted by atomic mass is 35.5. The normalized spacial score (nSPS) is 11.5. The molecule has 0 spiro atoms. The molecule has 0 aliphatic heterocycles. The molecule has 1 atom stereocenters. The van der Waals surface area contributed by atoms with Crippen LogP contribution in [0.1, 0.15) is 12.5 Å². The summed E-state index contributed by atoms with van der Waals surface area (Å²) < 4.78 is 1.03. The van der Waals surface area contributed by atoms with Crippen molar-refractivity contribution in [2.75, 3.05) is 5.32 Å². The summed E-state index contributed by atoms with van der Waals surface area (Å²) in [5.74, 6) is -0.269. The summed E-state index contributed by atoms with van der Waals surface area (Å²) in [5, 5.41) is 20.3. The van der Waals surface area contributed by atoms with E-state index in [0.717, 1.165) is 10.2 Å². The van der Waals surface area contributed by atoms with Gasteiger partial charge >= 0.3 is 0 Å². The van der Waals surface area contributed by atoms with Crippen LogP contribution in [-0.4, -0.2) is 26.7 Å². The van der Waals surface area contributed by atoms with Gasteiger partial charge in [-0.1, -0.05) is 41.9 Å². The summed E-state index contributed by atoms with van der Waals surface area (Å²) in [6.07, 6.45) is 1.33. The Hall–Kier alpha value is -3.72. The molecule has 0 radical (unpaired) electrons. The maximum atomic E-state index is 12.6. The second-order valence-electron chi connectivity index (χ2n) is 6.43. The Morgan fingerprint density at radius 3 is 2.50 bits per heavy atom. The molecule has 0 aliphatic rings. The molecule has 1 unspecified atom stereocenters. The molecular weight excluding hydrogens is 410 g/mol. The summed E-state index contributed by atoms with van der Waals surface area (Å²) in [4.78, 5) is 35.1. The van der Waals surface area contributed by atoms with E-state index in [1.807, 2.05) is 30.3 Å². The molecule has 3 aromatic rings. The lowest BCUT2D eigenvalue weighted by Gasteiger charge is -2.16. The van der Waals surface area contributed by atoms with Crippen LogP contribution in [0.15, 0.2) is 65.6 Å². The molecule has 0 saturated heterocycles. The van der Waals surface area contributed by atoms with Gasteiger partial charge in [0.25, 0.3) is 11.2 Å². The maximum absolute atomic E-state index is 12.6. The summed E-state index contributed by atoms with van der Waals surface area (Å²) >= 11 is 6.18. The fraction of sp³-hybridized carbons (Fsp3) is 0.150. The van der Waals surface area contributed by atoms with Gasteiger partial charge in [-0.15, -0.1) is 0 Å². The van der Waals surface area contributed by atoms with Crippen LogP contribution >= 0.6 is 11.6 Å². The highest BCUT2D eigenvalue weighted by molar-refractivity contribution is 6.33. The van der Waals surface area contributed by atoms with Crippen molar-refractivity contribution >= 4 is 28.9 Å². The van der Waals surface area contributed by atoms with Gasteiger partial charge in [0.05, 0.1) is 22.5 Å². The quantitative estimate of drug-likeness (QED) is 0.442. The molecule has 154 valence electrons. The van der Waals surface area contributed by atoms with Crippen molar-refractivity contribution in [3.63, 3.8) is 0 Å². The molecule has 2 aromatic carbocycles. The summed E-state index contributed by atoms with van der Waals surface area (Å²) in [7, 11) is 0. The number of carbonyl (C=O) groups is 1. The molecule has 0 bridgehead atoms. The first kappa shape index (κ1) is 21.0. The van der Waals surface area contributed by atoms with E-state index in [1.54, 1.807) is 6.92 Å². The van der Waals surface area contributed by atoms with Crippen molar-refractivity contribution in [1.82, 2.24) is 15.1 Å². The fourth-order valence-corrected chi connectivity index (χ4v) is 2.85. The van der Waals surface area contributed by atoms with E-state index in [2.05, 4.69) is 15.7 Å². The first-order chi connectivity index (χ1) is 14.4. The van der Waals surface area contributed by atoms with E-state index < -0.39 is 16.5 Å².